The second-order valence-corrected chi connectivity index (χ2v) is 5.20. The molecular weight excluding hydrogens is 214 g/mol. The van der Waals surface area contributed by atoms with E-state index in [2.05, 4.69) is 17.1 Å². The fraction of sp³-hybridized carbons (Fsp3) is 0.923. The monoisotopic (exact) mass is 241 g/mol. The van der Waals surface area contributed by atoms with Crippen LogP contribution < -0.4 is 11.1 Å². The van der Waals surface area contributed by atoms with E-state index in [1.54, 1.807) is 0 Å². The first-order valence-electron chi connectivity index (χ1n) is 6.87. The van der Waals surface area contributed by atoms with Crippen molar-refractivity contribution in [2.24, 2.45) is 11.7 Å². The highest BCUT2D eigenvalue weighted by atomic mass is 16.2. The van der Waals surface area contributed by atoms with E-state index >= 15 is 0 Å². The van der Waals surface area contributed by atoms with Gasteiger partial charge in [-0.1, -0.05) is 6.92 Å². The van der Waals surface area contributed by atoms with E-state index in [-0.39, 0.29) is 11.9 Å². The van der Waals surface area contributed by atoms with Gasteiger partial charge in [-0.15, -0.1) is 0 Å². The maximum atomic E-state index is 11.8. The van der Waals surface area contributed by atoms with Gasteiger partial charge in [0.2, 0.25) is 5.91 Å². The molecule has 1 rings (SSSR count). The third kappa shape index (κ3) is 5.50. The lowest BCUT2D eigenvalue weighted by Gasteiger charge is -2.32. The van der Waals surface area contributed by atoms with Crippen molar-refractivity contribution < 1.29 is 4.79 Å². The van der Waals surface area contributed by atoms with Crippen LogP contribution in [-0.4, -0.2) is 43.0 Å². The normalized spacial score (nSPS) is 23.4. The molecule has 1 saturated heterocycles. The number of hydrogen-bond donors (Lipinski definition) is 2. The van der Waals surface area contributed by atoms with Crippen molar-refractivity contribution in [2.75, 3.05) is 26.2 Å². The molecule has 2 atom stereocenters. The van der Waals surface area contributed by atoms with Crippen LogP contribution in [0.3, 0.4) is 0 Å². The number of nitrogens with two attached hydrogens (primary N) is 1. The summed E-state index contributed by atoms with van der Waals surface area (Å²) in [5.74, 6) is 0.845. The molecule has 1 heterocycles. The average molecular weight is 241 g/mol. The fourth-order valence-corrected chi connectivity index (χ4v) is 2.39. The zero-order chi connectivity index (χ0) is 12.7. The molecule has 0 saturated carbocycles. The van der Waals surface area contributed by atoms with E-state index in [9.17, 15) is 4.79 Å². The number of nitrogens with one attached hydrogen (secondary N) is 1. The van der Waals surface area contributed by atoms with Crippen LogP contribution in [0.5, 0.6) is 0 Å². The molecule has 0 radical (unpaired) electrons. The molecule has 1 fully saturated rings. The summed E-state index contributed by atoms with van der Waals surface area (Å²) in [6, 6.07) is 0.284. The van der Waals surface area contributed by atoms with Crippen molar-refractivity contribution in [3.63, 3.8) is 0 Å². The SMILES string of the molecule is CCC(C)NC(=O)CN1CCCC(CCN)C1. The van der Waals surface area contributed by atoms with Gasteiger partial charge in [0, 0.05) is 12.6 Å². The number of amides is 1. The molecule has 4 heteroatoms. The molecular formula is C13H27N3O. The topological polar surface area (TPSA) is 58.4 Å². The van der Waals surface area contributed by atoms with Gasteiger partial charge >= 0.3 is 0 Å². The van der Waals surface area contributed by atoms with Crippen LogP contribution in [0.2, 0.25) is 0 Å². The van der Waals surface area contributed by atoms with E-state index in [1.165, 1.54) is 12.8 Å². The largest absolute Gasteiger partial charge is 0.353 e. The Balaban J connectivity index is 2.28. The first-order chi connectivity index (χ1) is 8.15. The summed E-state index contributed by atoms with van der Waals surface area (Å²) in [6.45, 7) is 7.53. The third-order valence-corrected chi connectivity index (χ3v) is 3.56. The Hall–Kier alpha value is -0.610. The van der Waals surface area contributed by atoms with Crippen molar-refractivity contribution in [2.45, 2.75) is 45.6 Å². The molecule has 1 aliphatic heterocycles. The molecule has 3 N–H and O–H groups in total. The molecule has 2 unspecified atom stereocenters. The lowest BCUT2D eigenvalue weighted by atomic mass is 9.95. The summed E-state index contributed by atoms with van der Waals surface area (Å²) in [4.78, 5) is 14.0. The lowest BCUT2D eigenvalue weighted by molar-refractivity contribution is -0.123. The maximum Gasteiger partial charge on any atom is 0.234 e. The molecule has 1 aliphatic rings. The summed E-state index contributed by atoms with van der Waals surface area (Å²) in [5, 5.41) is 3.02. The number of likely N-dealkylation sites (tertiary alicyclic amines) is 1. The molecule has 0 aromatic heterocycles. The highest BCUT2D eigenvalue weighted by Gasteiger charge is 2.21. The van der Waals surface area contributed by atoms with Gasteiger partial charge in [-0.25, -0.2) is 0 Å². The van der Waals surface area contributed by atoms with Crippen molar-refractivity contribution in [3.05, 3.63) is 0 Å². The van der Waals surface area contributed by atoms with E-state index in [4.69, 9.17) is 5.73 Å². The first-order valence-corrected chi connectivity index (χ1v) is 6.87. The summed E-state index contributed by atoms with van der Waals surface area (Å²) in [5.41, 5.74) is 5.59. The van der Waals surface area contributed by atoms with Gasteiger partial charge in [0.05, 0.1) is 6.54 Å². The molecule has 0 spiro atoms. The van der Waals surface area contributed by atoms with Gasteiger partial charge < -0.3 is 11.1 Å². The summed E-state index contributed by atoms with van der Waals surface area (Å²) in [6.07, 6.45) is 4.53. The van der Waals surface area contributed by atoms with Crippen LogP contribution in [0.25, 0.3) is 0 Å². The number of rotatable bonds is 6. The van der Waals surface area contributed by atoms with Crippen LogP contribution in [0.15, 0.2) is 0 Å². The zero-order valence-corrected chi connectivity index (χ0v) is 11.2. The quantitative estimate of drug-likeness (QED) is 0.728. The van der Waals surface area contributed by atoms with Crippen molar-refractivity contribution in [1.29, 1.82) is 0 Å². The number of carbonyl (C=O) groups is 1. The molecule has 0 aromatic rings. The number of carbonyl (C=O) groups excluding carboxylic acids is 1. The van der Waals surface area contributed by atoms with Gasteiger partial charge in [0.1, 0.15) is 0 Å². The van der Waals surface area contributed by atoms with Crippen LogP contribution in [0.4, 0.5) is 0 Å². The number of nitrogens with zero attached hydrogens (tertiary/aromatic N) is 1. The van der Waals surface area contributed by atoms with Crippen LogP contribution in [0, 0.1) is 5.92 Å². The Kier molecular flexibility index (Phi) is 6.52. The lowest BCUT2D eigenvalue weighted by Crippen LogP contribution is -2.44. The Morgan fingerprint density at radius 1 is 1.59 bits per heavy atom. The molecule has 17 heavy (non-hydrogen) atoms. The molecule has 0 aliphatic carbocycles. The van der Waals surface area contributed by atoms with E-state index in [1.807, 2.05) is 6.92 Å². The summed E-state index contributed by atoms with van der Waals surface area (Å²) >= 11 is 0. The Morgan fingerprint density at radius 2 is 2.35 bits per heavy atom. The van der Waals surface area contributed by atoms with Gasteiger partial charge in [-0.05, 0) is 51.6 Å². The van der Waals surface area contributed by atoms with Crippen molar-refractivity contribution >= 4 is 5.91 Å². The van der Waals surface area contributed by atoms with Crippen LogP contribution in [-0.2, 0) is 4.79 Å². The fourth-order valence-electron chi connectivity index (χ4n) is 2.39. The minimum absolute atomic E-state index is 0.160. The first kappa shape index (κ1) is 14.5. The third-order valence-electron chi connectivity index (χ3n) is 3.56. The van der Waals surface area contributed by atoms with Gasteiger partial charge in [-0.3, -0.25) is 9.69 Å². The number of hydrogen-bond acceptors (Lipinski definition) is 3. The van der Waals surface area contributed by atoms with Crippen molar-refractivity contribution in [3.8, 4) is 0 Å². The van der Waals surface area contributed by atoms with Gasteiger partial charge in [0.25, 0.3) is 0 Å². The second kappa shape index (κ2) is 7.67. The predicted octanol–water partition coefficient (Wildman–Crippen LogP) is 0.962. The smallest absolute Gasteiger partial charge is 0.234 e. The molecule has 0 aromatic carbocycles. The van der Waals surface area contributed by atoms with Crippen LogP contribution in [0.1, 0.15) is 39.5 Å². The van der Waals surface area contributed by atoms with Gasteiger partial charge in [-0.2, -0.15) is 0 Å². The highest BCUT2D eigenvalue weighted by Crippen LogP contribution is 2.18. The Bertz CT molecular complexity index is 231. The molecule has 1 amide bonds. The van der Waals surface area contributed by atoms with Gasteiger partial charge in [0.15, 0.2) is 0 Å². The average Bonchev–Trinajstić information content (AvgIpc) is 2.29. The highest BCUT2D eigenvalue weighted by molar-refractivity contribution is 5.78. The second-order valence-electron chi connectivity index (χ2n) is 5.20. The van der Waals surface area contributed by atoms with Crippen molar-refractivity contribution in [1.82, 2.24) is 10.2 Å². The van der Waals surface area contributed by atoms with E-state index in [0.29, 0.717) is 12.5 Å². The molecule has 100 valence electrons. The molecule has 4 nitrogen and oxygen atoms in total. The standard InChI is InChI=1S/C13H27N3O/c1-3-11(2)15-13(17)10-16-8-4-5-12(9-16)6-7-14/h11-12H,3-10,14H2,1-2H3,(H,15,17). The number of piperidine rings is 1. The van der Waals surface area contributed by atoms with Crippen LogP contribution >= 0.6 is 0 Å². The van der Waals surface area contributed by atoms with E-state index < -0.39 is 0 Å². The Morgan fingerprint density at radius 3 is 3.00 bits per heavy atom. The summed E-state index contributed by atoms with van der Waals surface area (Å²) in [7, 11) is 0. The summed E-state index contributed by atoms with van der Waals surface area (Å²) < 4.78 is 0. The maximum absolute atomic E-state index is 11.8. The molecule has 0 bridgehead atoms. The zero-order valence-electron chi connectivity index (χ0n) is 11.2. The minimum atomic E-state index is 0.160. The predicted molar refractivity (Wildman–Crippen MR) is 70.7 cm³/mol. The van der Waals surface area contributed by atoms with E-state index in [0.717, 1.165) is 32.5 Å². The minimum Gasteiger partial charge on any atom is -0.353 e. The Labute approximate surface area is 105 Å².